The van der Waals surface area contributed by atoms with Crippen LogP contribution in [0, 0.1) is 11.7 Å². The summed E-state index contributed by atoms with van der Waals surface area (Å²) in [7, 11) is 0. The molecule has 9 heteroatoms. The van der Waals surface area contributed by atoms with Gasteiger partial charge in [-0.25, -0.2) is 9.29 Å². The van der Waals surface area contributed by atoms with Gasteiger partial charge in [-0.3, -0.25) is 14.4 Å². The van der Waals surface area contributed by atoms with Gasteiger partial charge in [-0.05, 0) is 36.4 Å². The molecule has 3 aromatic rings. The Balaban J connectivity index is 1.64. The van der Waals surface area contributed by atoms with Crippen LogP contribution >= 0.6 is 23.1 Å². The molecule has 1 saturated heterocycles. The minimum atomic E-state index is -0.697. The number of aromatic amines is 1. The van der Waals surface area contributed by atoms with Gasteiger partial charge in [0.25, 0.3) is 0 Å². The van der Waals surface area contributed by atoms with Gasteiger partial charge in [0.05, 0.1) is 33.7 Å². The lowest BCUT2D eigenvalue weighted by Gasteiger charge is -2.27. The number of thiazole rings is 1. The molecule has 2 aliphatic heterocycles. The van der Waals surface area contributed by atoms with Crippen LogP contribution in [0.15, 0.2) is 56.9 Å². The van der Waals surface area contributed by atoms with Crippen LogP contribution in [0.2, 0.25) is 0 Å². The molecule has 27 heavy (non-hydrogen) atoms. The van der Waals surface area contributed by atoms with E-state index in [9.17, 15) is 18.8 Å². The van der Waals surface area contributed by atoms with Crippen molar-refractivity contribution >= 4 is 40.6 Å². The number of fused-ring (bicyclic) bond motifs is 2. The van der Waals surface area contributed by atoms with E-state index in [4.69, 9.17) is 4.42 Å². The molecule has 1 fully saturated rings. The van der Waals surface area contributed by atoms with Crippen LogP contribution in [0.3, 0.4) is 0 Å². The average molecular weight is 402 g/mol. The topological polar surface area (TPSA) is 83.4 Å². The maximum Gasteiger partial charge on any atom is 0.305 e. The third-order valence-electron chi connectivity index (χ3n) is 4.76. The minimum absolute atomic E-state index is 0.237. The summed E-state index contributed by atoms with van der Waals surface area (Å²) in [6, 6.07) is 8.69. The number of H-pyrrole nitrogens is 1. The van der Waals surface area contributed by atoms with Gasteiger partial charge < -0.3 is 9.40 Å². The second-order valence-corrected chi connectivity index (χ2v) is 8.42. The van der Waals surface area contributed by atoms with E-state index in [1.165, 1.54) is 42.3 Å². The highest BCUT2D eigenvalue weighted by atomic mass is 32.2. The summed E-state index contributed by atoms with van der Waals surface area (Å²) in [6.07, 6.45) is 1.50. The van der Waals surface area contributed by atoms with E-state index in [1.807, 2.05) is 0 Å². The summed E-state index contributed by atoms with van der Waals surface area (Å²) < 4.78 is 18.8. The molecule has 2 aromatic heterocycles. The number of hydrogen-bond acceptors (Lipinski definition) is 6. The fraction of sp³-hybridized carbons (Fsp3) is 0.167. The second kappa shape index (κ2) is 5.93. The number of aromatic nitrogens is 1. The fourth-order valence-electron chi connectivity index (χ4n) is 3.64. The van der Waals surface area contributed by atoms with Crippen molar-refractivity contribution in [2.24, 2.45) is 5.92 Å². The Morgan fingerprint density at radius 2 is 1.85 bits per heavy atom. The van der Waals surface area contributed by atoms with Crippen molar-refractivity contribution in [3.05, 3.63) is 68.8 Å². The standard InChI is InChI=1S/C18H11FN2O4S2/c19-8-3-5-9(6-4-8)21-16(22)12-11(10-2-1-7-25-10)13-15(20-18(24)27-13)26-14(12)17(21)23/h1-7,11-12,14H,(H,20,24). The molecule has 6 nitrogen and oxygen atoms in total. The Morgan fingerprint density at radius 1 is 1.07 bits per heavy atom. The molecule has 0 radical (unpaired) electrons. The molecule has 4 heterocycles. The molecular formula is C18H11FN2O4S2. The summed E-state index contributed by atoms with van der Waals surface area (Å²) in [5.41, 5.74) is 0.330. The summed E-state index contributed by atoms with van der Waals surface area (Å²) in [4.78, 5) is 42.5. The molecule has 136 valence electrons. The lowest BCUT2D eigenvalue weighted by atomic mass is 9.87. The quantitative estimate of drug-likeness (QED) is 0.667. The number of anilines is 1. The van der Waals surface area contributed by atoms with Crippen LogP contribution in [0.5, 0.6) is 0 Å². The van der Waals surface area contributed by atoms with E-state index in [1.54, 1.807) is 12.1 Å². The Kier molecular flexibility index (Phi) is 3.63. The van der Waals surface area contributed by atoms with Crippen LogP contribution < -0.4 is 9.77 Å². The Morgan fingerprint density at radius 3 is 2.56 bits per heavy atom. The number of amides is 2. The minimum Gasteiger partial charge on any atom is -0.469 e. The van der Waals surface area contributed by atoms with Crippen LogP contribution in [-0.4, -0.2) is 22.0 Å². The largest absolute Gasteiger partial charge is 0.469 e. The van der Waals surface area contributed by atoms with Crippen molar-refractivity contribution in [2.75, 3.05) is 4.90 Å². The van der Waals surface area contributed by atoms with E-state index in [0.717, 1.165) is 16.2 Å². The Labute approximate surface area is 160 Å². The van der Waals surface area contributed by atoms with Crippen molar-refractivity contribution in [1.29, 1.82) is 0 Å². The zero-order valence-electron chi connectivity index (χ0n) is 13.5. The zero-order valence-corrected chi connectivity index (χ0v) is 15.2. The summed E-state index contributed by atoms with van der Waals surface area (Å²) in [5.74, 6) is -1.89. The number of imide groups is 1. The first kappa shape index (κ1) is 16.5. The number of carbonyl (C=O) groups is 2. The van der Waals surface area contributed by atoms with E-state index in [0.29, 0.717) is 21.4 Å². The third kappa shape index (κ3) is 2.42. The number of thioether (sulfide) groups is 1. The van der Waals surface area contributed by atoms with Gasteiger partial charge in [0, 0.05) is 0 Å². The molecular weight excluding hydrogens is 391 g/mol. The molecule has 2 amide bonds. The smallest absolute Gasteiger partial charge is 0.305 e. The third-order valence-corrected chi connectivity index (χ3v) is 7.16. The van der Waals surface area contributed by atoms with E-state index >= 15 is 0 Å². The number of halogens is 1. The van der Waals surface area contributed by atoms with E-state index in [2.05, 4.69) is 4.98 Å². The van der Waals surface area contributed by atoms with Gasteiger partial charge in [0.15, 0.2) is 0 Å². The van der Waals surface area contributed by atoms with Crippen LogP contribution in [0.1, 0.15) is 16.6 Å². The number of benzene rings is 1. The number of hydrogen-bond donors (Lipinski definition) is 1. The summed E-state index contributed by atoms with van der Waals surface area (Å²) in [5, 5.41) is -0.0924. The highest BCUT2D eigenvalue weighted by Gasteiger charge is 2.57. The first-order valence-corrected chi connectivity index (χ1v) is 9.80. The van der Waals surface area contributed by atoms with E-state index < -0.39 is 22.9 Å². The van der Waals surface area contributed by atoms with Gasteiger partial charge in [-0.15, -0.1) is 0 Å². The molecule has 0 spiro atoms. The lowest BCUT2D eigenvalue weighted by Crippen LogP contribution is -2.32. The van der Waals surface area contributed by atoms with Crippen molar-refractivity contribution in [3.8, 4) is 0 Å². The predicted molar refractivity (Wildman–Crippen MR) is 97.5 cm³/mol. The molecule has 0 bridgehead atoms. The highest BCUT2D eigenvalue weighted by Crippen LogP contribution is 2.53. The maximum atomic E-state index is 13.2. The summed E-state index contributed by atoms with van der Waals surface area (Å²) >= 11 is 2.21. The number of nitrogens with zero attached hydrogens (tertiary/aromatic N) is 1. The SMILES string of the molecule is O=C1C2Sc3[nH]c(=O)sc3C(c3ccco3)C2C(=O)N1c1ccc(F)cc1. The number of carbonyl (C=O) groups excluding carboxylic acids is 2. The maximum absolute atomic E-state index is 13.2. The number of furan rings is 1. The predicted octanol–water partition coefficient (Wildman–Crippen LogP) is 2.96. The van der Waals surface area contributed by atoms with Crippen molar-refractivity contribution < 1.29 is 18.4 Å². The Bertz CT molecular complexity index is 1100. The van der Waals surface area contributed by atoms with Crippen molar-refractivity contribution in [2.45, 2.75) is 16.2 Å². The van der Waals surface area contributed by atoms with Crippen molar-refractivity contribution in [3.63, 3.8) is 0 Å². The van der Waals surface area contributed by atoms with Crippen LogP contribution in [-0.2, 0) is 9.59 Å². The fourth-order valence-corrected chi connectivity index (χ4v) is 6.13. The van der Waals surface area contributed by atoms with Gasteiger partial charge in [0.2, 0.25) is 11.8 Å². The number of nitrogens with one attached hydrogen (secondary N) is 1. The number of rotatable bonds is 2. The van der Waals surface area contributed by atoms with Crippen LogP contribution in [0.25, 0.3) is 0 Å². The van der Waals surface area contributed by atoms with Gasteiger partial charge in [0.1, 0.15) is 16.8 Å². The normalized spacial score (nSPS) is 24.2. The zero-order chi connectivity index (χ0) is 18.7. The molecule has 1 N–H and O–H groups in total. The second-order valence-electron chi connectivity index (χ2n) is 6.25. The highest BCUT2D eigenvalue weighted by molar-refractivity contribution is 8.00. The molecule has 1 aromatic carbocycles. The van der Waals surface area contributed by atoms with Crippen LogP contribution in [0.4, 0.5) is 10.1 Å². The molecule has 3 atom stereocenters. The first-order valence-electron chi connectivity index (χ1n) is 8.11. The monoisotopic (exact) mass is 402 g/mol. The van der Waals surface area contributed by atoms with Gasteiger partial charge in [-0.1, -0.05) is 23.1 Å². The molecule has 0 saturated carbocycles. The molecule has 2 aliphatic rings. The first-order chi connectivity index (χ1) is 13.0. The van der Waals surface area contributed by atoms with Gasteiger partial charge >= 0.3 is 4.87 Å². The Hall–Kier alpha value is -2.65. The van der Waals surface area contributed by atoms with Gasteiger partial charge in [-0.2, -0.15) is 0 Å². The van der Waals surface area contributed by atoms with Crippen molar-refractivity contribution in [1.82, 2.24) is 4.98 Å². The molecule has 0 aliphatic carbocycles. The average Bonchev–Trinajstić information content (AvgIpc) is 3.34. The molecule has 5 rings (SSSR count). The molecule has 3 unspecified atom stereocenters. The summed E-state index contributed by atoms with van der Waals surface area (Å²) in [6.45, 7) is 0. The van der Waals surface area contributed by atoms with E-state index in [-0.39, 0.29) is 16.7 Å². The lowest BCUT2D eigenvalue weighted by molar-refractivity contribution is -0.122.